The zero-order valence-electron chi connectivity index (χ0n) is 10.2. The fourth-order valence-electron chi connectivity index (χ4n) is 2.21. The first-order chi connectivity index (χ1) is 8.58. The minimum Gasteiger partial charge on any atom is -0.339 e. The zero-order chi connectivity index (χ0) is 13.1. The van der Waals surface area contributed by atoms with E-state index in [1.54, 1.807) is 11.9 Å². The SMILES string of the molecule is CN(C(=O)c1cncc(F)c1)C1CCC(=O)CC1. The van der Waals surface area contributed by atoms with E-state index in [0.717, 1.165) is 6.20 Å². The van der Waals surface area contributed by atoms with Gasteiger partial charge < -0.3 is 4.90 Å². The Kier molecular flexibility index (Phi) is 3.69. The first-order valence-corrected chi connectivity index (χ1v) is 5.97. The topological polar surface area (TPSA) is 50.3 Å². The van der Waals surface area contributed by atoms with E-state index in [2.05, 4.69) is 4.98 Å². The average molecular weight is 250 g/mol. The average Bonchev–Trinajstić information content (AvgIpc) is 2.38. The smallest absolute Gasteiger partial charge is 0.255 e. The van der Waals surface area contributed by atoms with E-state index in [4.69, 9.17) is 0 Å². The van der Waals surface area contributed by atoms with Gasteiger partial charge in [-0.1, -0.05) is 0 Å². The van der Waals surface area contributed by atoms with Crippen molar-refractivity contribution in [2.24, 2.45) is 0 Å². The van der Waals surface area contributed by atoms with E-state index in [0.29, 0.717) is 25.7 Å². The zero-order valence-corrected chi connectivity index (χ0v) is 10.2. The van der Waals surface area contributed by atoms with E-state index in [1.807, 2.05) is 0 Å². The van der Waals surface area contributed by atoms with Gasteiger partial charge in [0.25, 0.3) is 5.91 Å². The third-order valence-corrected chi connectivity index (χ3v) is 3.33. The summed E-state index contributed by atoms with van der Waals surface area (Å²) >= 11 is 0. The van der Waals surface area contributed by atoms with Crippen LogP contribution in [0.1, 0.15) is 36.0 Å². The van der Waals surface area contributed by atoms with Crippen LogP contribution >= 0.6 is 0 Å². The second-order valence-electron chi connectivity index (χ2n) is 4.58. The molecule has 1 aromatic rings. The van der Waals surface area contributed by atoms with Crippen molar-refractivity contribution in [3.05, 3.63) is 29.8 Å². The van der Waals surface area contributed by atoms with Crippen LogP contribution in [0.3, 0.4) is 0 Å². The van der Waals surface area contributed by atoms with E-state index >= 15 is 0 Å². The molecule has 0 bridgehead atoms. The normalized spacial score (nSPS) is 16.7. The van der Waals surface area contributed by atoms with Gasteiger partial charge in [-0.15, -0.1) is 0 Å². The molecule has 1 fully saturated rings. The molecule has 4 nitrogen and oxygen atoms in total. The van der Waals surface area contributed by atoms with Crippen molar-refractivity contribution < 1.29 is 14.0 Å². The van der Waals surface area contributed by atoms with Crippen molar-refractivity contribution in [3.8, 4) is 0 Å². The summed E-state index contributed by atoms with van der Waals surface area (Å²) < 4.78 is 13.0. The van der Waals surface area contributed by atoms with Crippen LogP contribution in [0.2, 0.25) is 0 Å². The molecule has 0 N–H and O–H groups in total. The summed E-state index contributed by atoms with van der Waals surface area (Å²) in [5, 5.41) is 0. The van der Waals surface area contributed by atoms with Gasteiger partial charge in [0.15, 0.2) is 0 Å². The summed E-state index contributed by atoms with van der Waals surface area (Å²) in [5.41, 5.74) is 0.245. The molecular formula is C13H15FN2O2. The van der Waals surface area contributed by atoms with Gasteiger partial charge in [-0.3, -0.25) is 14.6 Å². The minimum atomic E-state index is -0.520. The van der Waals surface area contributed by atoms with E-state index in [-0.39, 0.29) is 23.3 Å². The molecule has 0 radical (unpaired) electrons. The Morgan fingerprint density at radius 2 is 2.06 bits per heavy atom. The summed E-state index contributed by atoms with van der Waals surface area (Å²) in [6.45, 7) is 0. The summed E-state index contributed by atoms with van der Waals surface area (Å²) in [4.78, 5) is 28.5. The van der Waals surface area contributed by atoms with Gasteiger partial charge in [0.1, 0.15) is 11.6 Å². The largest absolute Gasteiger partial charge is 0.339 e. The number of Topliss-reactive ketones (excluding diaryl/α,β-unsaturated/α-hetero) is 1. The van der Waals surface area contributed by atoms with E-state index < -0.39 is 5.82 Å². The molecule has 1 amide bonds. The highest BCUT2D eigenvalue weighted by atomic mass is 19.1. The summed E-state index contributed by atoms with van der Waals surface area (Å²) in [7, 11) is 1.69. The monoisotopic (exact) mass is 250 g/mol. The fraction of sp³-hybridized carbons (Fsp3) is 0.462. The highest BCUT2D eigenvalue weighted by Crippen LogP contribution is 2.20. The van der Waals surface area contributed by atoms with Gasteiger partial charge in [-0.05, 0) is 18.9 Å². The molecule has 1 aliphatic carbocycles. The Balaban J connectivity index is 2.07. The Bertz CT molecular complexity index is 466. The molecular weight excluding hydrogens is 235 g/mol. The van der Waals surface area contributed by atoms with Crippen molar-refractivity contribution in [1.29, 1.82) is 0 Å². The number of halogens is 1. The molecule has 18 heavy (non-hydrogen) atoms. The van der Waals surface area contributed by atoms with Crippen LogP contribution < -0.4 is 0 Å². The van der Waals surface area contributed by atoms with E-state index in [9.17, 15) is 14.0 Å². The van der Waals surface area contributed by atoms with Gasteiger partial charge in [-0.25, -0.2) is 4.39 Å². The number of hydrogen-bond acceptors (Lipinski definition) is 3. The van der Waals surface area contributed by atoms with Crippen molar-refractivity contribution >= 4 is 11.7 Å². The molecule has 96 valence electrons. The van der Waals surface area contributed by atoms with Crippen molar-refractivity contribution in [2.45, 2.75) is 31.7 Å². The summed E-state index contributed by atoms with van der Waals surface area (Å²) in [6.07, 6.45) is 4.83. The Labute approximate surface area is 105 Å². The van der Waals surface area contributed by atoms with Gasteiger partial charge in [0, 0.05) is 32.1 Å². The number of rotatable bonds is 2. The lowest BCUT2D eigenvalue weighted by atomic mass is 9.93. The van der Waals surface area contributed by atoms with Crippen LogP contribution in [-0.4, -0.2) is 34.7 Å². The number of carbonyl (C=O) groups excluding carboxylic acids is 2. The first-order valence-electron chi connectivity index (χ1n) is 5.97. The highest BCUT2D eigenvalue weighted by Gasteiger charge is 2.26. The second kappa shape index (κ2) is 5.25. The minimum absolute atomic E-state index is 0.0541. The lowest BCUT2D eigenvalue weighted by Gasteiger charge is -2.30. The molecule has 1 aliphatic rings. The molecule has 1 saturated carbocycles. The number of amides is 1. The van der Waals surface area contributed by atoms with Gasteiger partial charge in [0.2, 0.25) is 0 Å². The predicted molar refractivity (Wildman–Crippen MR) is 63.6 cm³/mol. The van der Waals surface area contributed by atoms with Crippen molar-refractivity contribution in [3.63, 3.8) is 0 Å². The van der Waals surface area contributed by atoms with Gasteiger partial charge >= 0.3 is 0 Å². The van der Waals surface area contributed by atoms with Crippen LogP contribution in [0.15, 0.2) is 18.5 Å². The number of ketones is 1. The molecule has 0 aliphatic heterocycles. The molecule has 1 heterocycles. The predicted octanol–water partition coefficient (Wildman–Crippen LogP) is 1.80. The Hall–Kier alpha value is -1.78. The molecule has 0 unspecified atom stereocenters. The number of nitrogens with zero attached hydrogens (tertiary/aromatic N) is 2. The maximum absolute atomic E-state index is 13.0. The van der Waals surface area contributed by atoms with Crippen LogP contribution in [0.4, 0.5) is 4.39 Å². The van der Waals surface area contributed by atoms with Gasteiger partial charge in [0.05, 0.1) is 11.8 Å². The van der Waals surface area contributed by atoms with E-state index in [1.165, 1.54) is 12.3 Å². The number of carbonyl (C=O) groups is 2. The van der Waals surface area contributed by atoms with Gasteiger partial charge in [-0.2, -0.15) is 0 Å². The first kappa shape index (κ1) is 12.7. The highest BCUT2D eigenvalue weighted by molar-refractivity contribution is 5.94. The van der Waals surface area contributed by atoms with Crippen molar-refractivity contribution in [2.75, 3.05) is 7.05 Å². The number of hydrogen-bond donors (Lipinski definition) is 0. The molecule has 5 heteroatoms. The molecule has 0 atom stereocenters. The third kappa shape index (κ3) is 2.72. The standard InChI is InChI=1S/C13H15FN2O2/c1-16(11-2-4-12(17)5-3-11)13(18)9-6-10(14)8-15-7-9/h6-8,11H,2-5H2,1H3. The van der Waals surface area contributed by atoms with Crippen molar-refractivity contribution in [1.82, 2.24) is 9.88 Å². The second-order valence-corrected chi connectivity index (χ2v) is 4.58. The van der Waals surface area contributed by atoms with Crippen LogP contribution in [0.5, 0.6) is 0 Å². The quantitative estimate of drug-likeness (QED) is 0.804. The molecule has 0 spiro atoms. The van der Waals surface area contributed by atoms with Crippen LogP contribution in [0.25, 0.3) is 0 Å². The fourth-order valence-corrected chi connectivity index (χ4v) is 2.21. The number of aromatic nitrogens is 1. The molecule has 0 aromatic carbocycles. The Morgan fingerprint density at radius 3 is 2.67 bits per heavy atom. The molecule has 1 aromatic heterocycles. The molecule has 2 rings (SSSR count). The lowest BCUT2D eigenvalue weighted by Crippen LogP contribution is -2.39. The maximum Gasteiger partial charge on any atom is 0.255 e. The number of pyridine rings is 1. The summed E-state index contributed by atoms with van der Waals surface area (Å²) in [6, 6.07) is 1.23. The maximum atomic E-state index is 13.0. The Morgan fingerprint density at radius 1 is 1.39 bits per heavy atom. The molecule has 0 saturated heterocycles. The van der Waals surface area contributed by atoms with Crippen LogP contribution in [-0.2, 0) is 4.79 Å². The third-order valence-electron chi connectivity index (χ3n) is 3.33. The lowest BCUT2D eigenvalue weighted by molar-refractivity contribution is -0.121. The summed E-state index contributed by atoms with van der Waals surface area (Å²) in [5.74, 6) is -0.519. The van der Waals surface area contributed by atoms with Crippen LogP contribution in [0, 0.1) is 5.82 Å².